The molecule has 0 aliphatic carbocycles. The first-order valence-corrected chi connectivity index (χ1v) is 6.31. The topological polar surface area (TPSA) is 49.4 Å². The number of carbonyl (C=O) groups is 2. The Hall–Kier alpha value is -1.27. The highest BCUT2D eigenvalue weighted by atomic mass is 19.4. The summed E-state index contributed by atoms with van der Waals surface area (Å²) >= 11 is 0. The smallest absolute Gasteiger partial charge is 0.356 e. The summed E-state index contributed by atoms with van der Waals surface area (Å²) in [4.78, 5) is 23.8. The second-order valence-electron chi connectivity index (χ2n) is 5.26. The van der Waals surface area contributed by atoms with Crippen molar-refractivity contribution in [2.45, 2.75) is 32.9 Å². The molecule has 19 heavy (non-hydrogen) atoms. The predicted molar refractivity (Wildman–Crippen MR) is 63.2 cm³/mol. The molecule has 0 spiro atoms. The zero-order chi connectivity index (χ0) is 14.6. The number of carbonyl (C=O) groups excluding carboxylic acids is 2. The lowest BCUT2D eigenvalue weighted by atomic mass is 10.1. The zero-order valence-electron chi connectivity index (χ0n) is 11.1. The number of likely N-dealkylation sites (tertiary alicyclic amines) is 1. The molecular formula is C12H19F3N2O2. The number of rotatable bonds is 5. The lowest BCUT2D eigenvalue weighted by Crippen LogP contribution is -2.37. The van der Waals surface area contributed by atoms with Crippen LogP contribution in [-0.2, 0) is 9.59 Å². The quantitative estimate of drug-likeness (QED) is 0.831. The maximum atomic E-state index is 12.2. The Morgan fingerprint density at radius 2 is 2.11 bits per heavy atom. The molecule has 2 amide bonds. The fourth-order valence-corrected chi connectivity index (χ4v) is 1.95. The van der Waals surface area contributed by atoms with Gasteiger partial charge in [0.05, 0.1) is 5.92 Å². The minimum absolute atomic E-state index is 0.135. The monoisotopic (exact) mass is 280 g/mol. The molecule has 0 aromatic heterocycles. The fourth-order valence-electron chi connectivity index (χ4n) is 1.95. The van der Waals surface area contributed by atoms with Gasteiger partial charge in [0.1, 0.15) is 6.54 Å². The van der Waals surface area contributed by atoms with Crippen LogP contribution in [0, 0.1) is 11.8 Å². The number of halogens is 3. The SMILES string of the molecule is CC(C)CCNC(=O)C1CC(=O)N(CC(F)(F)F)C1. The van der Waals surface area contributed by atoms with Gasteiger partial charge in [-0.3, -0.25) is 9.59 Å². The molecule has 0 aromatic rings. The number of nitrogens with zero attached hydrogens (tertiary/aromatic N) is 1. The van der Waals surface area contributed by atoms with E-state index in [0.717, 1.165) is 6.42 Å². The molecule has 0 saturated carbocycles. The van der Waals surface area contributed by atoms with Crippen LogP contribution in [0.4, 0.5) is 13.2 Å². The Balaban J connectivity index is 2.41. The first kappa shape index (κ1) is 15.8. The molecule has 0 aromatic carbocycles. The Labute approximate surface area is 110 Å². The summed E-state index contributed by atoms with van der Waals surface area (Å²) in [5.74, 6) is -1.17. The van der Waals surface area contributed by atoms with Crippen molar-refractivity contribution in [3.05, 3.63) is 0 Å². The standard InChI is InChI=1S/C12H19F3N2O2/c1-8(2)3-4-16-11(19)9-5-10(18)17(6-9)7-12(13,14)15/h8-9H,3-7H2,1-2H3,(H,16,19). The highest BCUT2D eigenvalue weighted by Crippen LogP contribution is 2.23. The summed E-state index contributed by atoms with van der Waals surface area (Å²) in [7, 11) is 0. The summed E-state index contributed by atoms with van der Waals surface area (Å²) in [5.41, 5.74) is 0. The molecule has 1 saturated heterocycles. The Kier molecular flexibility index (Phi) is 5.20. The molecule has 1 heterocycles. The molecule has 110 valence electrons. The van der Waals surface area contributed by atoms with Crippen LogP contribution in [0.2, 0.25) is 0 Å². The van der Waals surface area contributed by atoms with Crippen LogP contribution in [0.1, 0.15) is 26.7 Å². The third-order valence-corrected chi connectivity index (χ3v) is 2.98. The van der Waals surface area contributed by atoms with Crippen LogP contribution in [0.25, 0.3) is 0 Å². The van der Waals surface area contributed by atoms with Gasteiger partial charge in [0.15, 0.2) is 0 Å². The van der Waals surface area contributed by atoms with Gasteiger partial charge in [0.2, 0.25) is 11.8 Å². The van der Waals surface area contributed by atoms with Gasteiger partial charge in [0, 0.05) is 19.5 Å². The second-order valence-corrected chi connectivity index (χ2v) is 5.26. The molecule has 1 fully saturated rings. The van der Waals surface area contributed by atoms with Crippen molar-refractivity contribution in [3.63, 3.8) is 0 Å². The second kappa shape index (κ2) is 6.25. The van der Waals surface area contributed by atoms with Gasteiger partial charge >= 0.3 is 6.18 Å². The average Bonchev–Trinajstić information content (AvgIpc) is 2.57. The van der Waals surface area contributed by atoms with Gasteiger partial charge in [-0.25, -0.2) is 0 Å². The number of amides is 2. The predicted octanol–water partition coefficient (Wildman–Crippen LogP) is 1.56. The van der Waals surface area contributed by atoms with E-state index in [4.69, 9.17) is 0 Å². The number of nitrogens with one attached hydrogen (secondary N) is 1. The molecule has 0 bridgehead atoms. The van der Waals surface area contributed by atoms with Crippen LogP contribution in [0.3, 0.4) is 0 Å². The van der Waals surface area contributed by atoms with E-state index in [-0.39, 0.29) is 18.9 Å². The van der Waals surface area contributed by atoms with Gasteiger partial charge in [-0.15, -0.1) is 0 Å². The zero-order valence-corrected chi connectivity index (χ0v) is 11.1. The van der Waals surface area contributed by atoms with Gasteiger partial charge < -0.3 is 10.2 Å². The van der Waals surface area contributed by atoms with E-state index in [1.807, 2.05) is 13.8 Å². The van der Waals surface area contributed by atoms with Crippen LogP contribution < -0.4 is 5.32 Å². The van der Waals surface area contributed by atoms with E-state index in [0.29, 0.717) is 17.4 Å². The maximum Gasteiger partial charge on any atom is 0.406 e. The van der Waals surface area contributed by atoms with Crippen molar-refractivity contribution in [1.29, 1.82) is 0 Å². The Bertz CT molecular complexity index is 342. The summed E-state index contributed by atoms with van der Waals surface area (Å²) in [6.07, 6.45) is -3.75. The Morgan fingerprint density at radius 3 is 2.63 bits per heavy atom. The number of hydrogen-bond acceptors (Lipinski definition) is 2. The van der Waals surface area contributed by atoms with E-state index in [1.165, 1.54) is 0 Å². The largest absolute Gasteiger partial charge is 0.406 e. The van der Waals surface area contributed by atoms with Crippen molar-refractivity contribution < 1.29 is 22.8 Å². The summed E-state index contributed by atoms with van der Waals surface area (Å²) in [5, 5.41) is 2.66. The lowest BCUT2D eigenvalue weighted by Gasteiger charge is -2.18. The van der Waals surface area contributed by atoms with E-state index in [1.54, 1.807) is 0 Å². The van der Waals surface area contributed by atoms with Crippen LogP contribution in [-0.4, -0.2) is 42.5 Å². The van der Waals surface area contributed by atoms with E-state index in [9.17, 15) is 22.8 Å². The molecule has 1 rings (SSSR count). The van der Waals surface area contributed by atoms with E-state index in [2.05, 4.69) is 5.32 Å². The van der Waals surface area contributed by atoms with Crippen LogP contribution in [0.5, 0.6) is 0 Å². The fraction of sp³-hybridized carbons (Fsp3) is 0.833. The summed E-state index contributed by atoms with van der Waals surface area (Å²) in [6, 6.07) is 0. The van der Waals surface area contributed by atoms with Crippen LogP contribution in [0.15, 0.2) is 0 Å². The first-order valence-electron chi connectivity index (χ1n) is 6.31. The highest BCUT2D eigenvalue weighted by molar-refractivity contribution is 5.89. The van der Waals surface area contributed by atoms with E-state index < -0.39 is 24.5 Å². The molecular weight excluding hydrogens is 261 g/mol. The van der Waals surface area contributed by atoms with Crippen molar-refractivity contribution in [2.24, 2.45) is 11.8 Å². The first-order chi connectivity index (χ1) is 8.69. The molecule has 4 nitrogen and oxygen atoms in total. The molecule has 7 heteroatoms. The average molecular weight is 280 g/mol. The number of hydrogen-bond donors (Lipinski definition) is 1. The molecule has 1 aliphatic heterocycles. The minimum atomic E-state index is -4.42. The third kappa shape index (κ3) is 5.48. The van der Waals surface area contributed by atoms with Crippen molar-refractivity contribution >= 4 is 11.8 Å². The Morgan fingerprint density at radius 1 is 1.47 bits per heavy atom. The van der Waals surface area contributed by atoms with Crippen LogP contribution >= 0.6 is 0 Å². The maximum absolute atomic E-state index is 12.2. The molecule has 1 unspecified atom stereocenters. The molecule has 0 radical (unpaired) electrons. The molecule has 1 aliphatic rings. The van der Waals surface area contributed by atoms with Crippen molar-refractivity contribution in [1.82, 2.24) is 10.2 Å². The lowest BCUT2D eigenvalue weighted by molar-refractivity contribution is -0.157. The number of alkyl halides is 3. The van der Waals surface area contributed by atoms with Crippen molar-refractivity contribution in [2.75, 3.05) is 19.6 Å². The van der Waals surface area contributed by atoms with Gasteiger partial charge in [-0.1, -0.05) is 13.8 Å². The molecule has 1 atom stereocenters. The summed E-state index contributed by atoms with van der Waals surface area (Å²) in [6.45, 7) is 3.08. The normalized spacial score (nSPS) is 20.2. The summed E-state index contributed by atoms with van der Waals surface area (Å²) < 4.78 is 36.6. The van der Waals surface area contributed by atoms with Gasteiger partial charge in [-0.2, -0.15) is 13.2 Å². The minimum Gasteiger partial charge on any atom is -0.356 e. The molecule has 1 N–H and O–H groups in total. The van der Waals surface area contributed by atoms with Gasteiger partial charge in [-0.05, 0) is 12.3 Å². The third-order valence-electron chi connectivity index (χ3n) is 2.98. The van der Waals surface area contributed by atoms with E-state index >= 15 is 0 Å². The highest BCUT2D eigenvalue weighted by Gasteiger charge is 2.40. The van der Waals surface area contributed by atoms with Gasteiger partial charge in [0.25, 0.3) is 0 Å². The van der Waals surface area contributed by atoms with Crippen molar-refractivity contribution in [3.8, 4) is 0 Å².